The summed E-state index contributed by atoms with van der Waals surface area (Å²) in [6, 6.07) is 6.89. The molecule has 2 aromatic rings. The first-order valence-electron chi connectivity index (χ1n) is 6.56. The molecule has 124 valence electrons. The first-order valence-corrected chi connectivity index (χ1v) is 6.56. The summed E-state index contributed by atoms with van der Waals surface area (Å²) < 4.78 is 44.0. The smallest absolute Gasteiger partial charge is 0.416 e. The fourth-order valence-corrected chi connectivity index (χ4v) is 1.93. The minimum absolute atomic E-state index is 0.0247. The first kappa shape index (κ1) is 17.2. The van der Waals surface area contributed by atoms with Crippen molar-refractivity contribution in [3.63, 3.8) is 0 Å². The molecule has 1 heterocycles. The zero-order chi connectivity index (χ0) is 17.9. The number of rotatable bonds is 3. The van der Waals surface area contributed by atoms with Crippen LogP contribution in [0.25, 0.3) is 5.69 Å². The van der Waals surface area contributed by atoms with Gasteiger partial charge in [-0.1, -0.05) is 6.07 Å². The van der Waals surface area contributed by atoms with Crippen LogP contribution in [0.1, 0.15) is 21.7 Å². The highest BCUT2D eigenvalue weighted by Gasteiger charge is 2.30. The van der Waals surface area contributed by atoms with Crippen molar-refractivity contribution in [3.8, 4) is 11.8 Å². The van der Waals surface area contributed by atoms with Crippen molar-refractivity contribution in [3.05, 3.63) is 57.5 Å². The second-order valence-electron chi connectivity index (χ2n) is 4.69. The molecule has 1 aromatic carbocycles. The van der Waals surface area contributed by atoms with Crippen LogP contribution in [0.2, 0.25) is 0 Å². The molecule has 0 atom stereocenters. The van der Waals surface area contributed by atoms with Crippen LogP contribution in [-0.2, 0) is 10.9 Å². The number of aromatic nitrogens is 2. The molecule has 24 heavy (non-hydrogen) atoms. The van der Waals surface area contributed by atoms with Gasteiger partial charge in [-0.2, -0.15) is 23.5 Å². The standard InChI is InChI=1S/C15H10F3N3O3/c1-9-7-12(22)13(14(23)24-6-5-19)20-21(9)11-4-2-3-10(8-11)15(16,17)18/h2-4,7-8H,6H2,1H3. The maximum absolute atomic E-state index is 12.8. The lowest BCUT2D eigenvalue weighted by atomic mass is 10.2. The second kappa shape index (κ2) is 6.54. The minimum atomic E-state index is -4.54. The highest BCUT2D eigenvalue weighted by atomic mass is 19.4. The third-order valence-electron chi connectivity index (χ3n) is 2.99. The highest BCUT2D eigenvalue weighted by Crippen LogP contribution is 2.30. The molecule has 0 spiro atoms. The predicted molar refractivity (Wildman–Crippen MR) is 75.5 cm³/mol. The Hall–Kier alpha value is -3.15. The number of alkyl halides is 3. The maximum Gasteiger partial charge on any atom is 0.416 e. The number of esters is 1. The Kier molecular flexibility index (Phi) is 4.69. The lowest BCUT2D eigenvalue weighted by Gasteiger charge is -2.13. The lowest BCUT2D eigenvalue weighted by molar-refractivity contribution is -0.137. The summed E-state index contributed by atoms with van der Waals surface area (Å²) in [5, 5.41) is 12.1. The number of hydrogen-bond acceptors (Lipinski definition) is 5. The van der Waals surface area contributed by atoms with E-state index in [0.717, 1.165) is 22.9 Å². The van der Waals surface area contributed by atoms with Crippen LogP contribution in [0.15, 0.2) is 35.1 Å². The van der Waals surface area contributed by atoms with E-state index in [1.807, 2.05) is 0 Å². The van der Waals surface area contributed by atoms with E-state index in [0.29, 0.717) is 0 Å². The quantitative estimate of drug-likeness (QED) is 0.802. The van der Waals surface area contributed by atoms with Crippen molar-refractivity contribution in [1.29, 1.82) is 5.26 Å². The van der Waals surface area contributed by atoms with Crippen molar-refractivity contribution in [2.75, 3.05) is 6.61 Å². The van der Waals surface area contributed by atoms with Gasteiger partial charge in [-0.05, 0) is 25.1 Å². The van der Waals surface area contributed by atoms with E-state index in [-0.39, 0.29) is 11.4 Å². The zero-order valence-corrected chi connectivity index (χ0v) is 12.3. The van der Waals surface area contributed by atoms with Gasteiger partial charge in [0.25, 0.3) is 0 Å². The van der Waals surface area contributed by atoms with Crippen molar-refractivity contribution in [2.24, 2.45) is 0 Å². The molecule has 2 rings (SSSR count). The number of halogens is 3. The summed E-state index contributed by atoms with van der Waals surface area (Å²) in [4.78, 5) is 23.5. The fraction of sp³-hybridized carbons (Fsp3) is 0.200. The maximum atomic E-state index is 12.8. The van der Waals surface area contributed by atoms with E-state index < -0.39 is 35.4 Å². The van der Waals surface area contributed by atoms with Gasteiger partial charge in [0, 0.05) is 11.8 Å². The van der Waals surface area contributed by atoms with Crippen LogP contribution in [-0.4, -0.2) is 22.4 Å². The summed E-state index contributed by atoms with van der Waals surface area (Å²) in [6.45, 7) is 0.885. The van der Waals surface area contributed by atoms with Gasteiger partial charge >= 0.3 is 12.1 Å². The Bertz CT molecular complexity index is 882. The summed E-state index contributed by atoms with van der Waals surface area (Å²) >= 11 is 0. The van der Waals surface area contributed by atoms with Gasteiger partial charge in [-0.15, -0.1) is 0 Å². The van der Waals surface area contributed by atoms with Crippen LogP contribution < -0.4 is 5.43 Å². The average molecular weight is 337 g/mol. The first-order chi connectivity index (χ1) is 11.2. The van der Waals surface area contributed by atoms with Gasteiger partial charge in [0.05, 0.1) is 11.3 Å². The van der Waals surface area contributed by atoms with Gasteiger partial charge in [0.1, 0.15) is 6.07 Å². The highest BCUT2D eigenvalue weighted by molar-refractivity contribution is 5.87. The SMILES string of the molecule is Cc1cc(=O)c(C(=O)OCC#N)nn1-c1cccc(C(F)(F)F)c1. The Morgan fingerprint density at radius 3 is 2.71 bits per heavy atom. The van der Waals surface area contributed by atoms with Crippen molar-refractivity contribution >= 4 is 5.97 Å². The molecule has 0 unspecified atom stereocenters. The van der Waals surface area contributed by atoms with Crippen molar-refractivity contribution < 1.29 is 22.7 Å². The number of carbonyl (C=O) groups is 1. The van der Waals surface area contributed by atoms with Crippen LogP contribution in [0.4, 0.5) is 13.2 Å². The number of nitriles is 1. The molecule has 9 heteroatoms. The average Bonchev–Trinajstić information content (AvgIpc) is 2.52. The molecular formula is C15H10F3N3O3. The van der Waals surface area contributed by atoms with Crippen LogP contribution in [0.3, 0.4) is 0 Å². The van der Waals surface area contributed by atoms with Crippen molar-refractivity contribution in [2.45, 2.75) is 13.1 Å². The molecule has 0 saturated carbocycles. The summed E-state index contributed by atoms with van der Waals surface area (Å²) in [5.74, 6) is -1.12. The second-order valence-corrected chi connectivity index (χ2v) is 4.69. The van der Waals surface area contributed by atoms with Gasteiger partial charge in [-0.25, -0.2) is 9.48 Å². The van der Waals surface area contributed by atoms with Crippen LogP contribution in [0.5, 0.6) is 0 Å². The molecule has 0 radical (unpaired) electrons. The predicted octanol–water partition coefficient (Wildman–Crippen LogP) is 2.24. The monoisotopic (exact) mass is 337 g/mol. The van der Waals surface area contributed by atoms with Crippen LogP contribution >= 0.6 is 0 Å². The molecule has 0 aliphatic heterocycles. The van der Waals surface area contributed by atoms with Gasteiger partial charge < -0.3 is 4.74 Å². The minimum Gasteiger partial charge on any atom is -0.445 e. The molecule has 0 saturated heterocycles. The molecule has 1 aromatic heterocycles. The Balaban J connectivity index is 2.54. The lowest BCUT2D eigenvalue weighted by Crippen LogP contribution is -2.24. The molecule has 0 amide bonds. The number of benzene rings is 1. The molecular weight excluding hydrogens is 327 g/mol. The Morgan fingerprint density at radius 1 is 1.38 bits per heavy atom. The van der Waals surface area contributed by atoms with E-state index in [1.165, 1.54) is 19.1 Å². The molecule has 0 fully saturated rings. The van der Waals surface area contributed by atoms with Gasteiger partial charge in [-0.3, -0.25) is 4.79 Å². The topological polar surface area (TPSA) is 85.0 Å². The third kappa shape index (κ3) is 3.60. The van der Waals surface area contributed by atoms with Gasteiger partial charge in [0.2, 0.25) is 11.1 Å². The van der Waals surface area contributed by atoms with Crippen LogP contribution in [0, 0.1) is 18.3 Å². The fourth-order valence-electron chi connectivity index (χ4n) is 1.93. The number of carbonyl (C=O) groups excluding carboxylic acids is 1. The van der Waals surface area contributed by atoms with E-state index in [1.54, 1.807) is 6.07 Å². The van der Waals surface area contributed by atoms with E-state index in [9.17, 15) is 22.8 Å². The summed E-state index contributed by atoms with van der Waals surface area (Å²) in [6.07, 6.45) is -4.54. The normalized spacial score (nSPS) is 11.0. The Labute approximate surface area is 133 Å². The molecule has 0 N–H and O–H groups in total. The Morgan fingerprint density at radius 2 is 2.08 bits per heavy atom. The number of nitrogens with zero attached hydrogens (tertiary/aromatic N) is 3. The van der Waals surface area contributed by atoms with Gasteiger partial charge in [0.15, 0.2) is 6.61 Å². The number of ether oxygens (including phenoxy) is 1. The van der Waals surface area contributed by atoms with E-state index in [4.69, 9.17) is 5.26 Å². The largest absolute Gasteiger partial charge is 0.445 e. The third-order valence-corrected chi connectivity index (χ3v) is 2.99. The molecule has 0 aliphatic carbocycles. The summed E-state index contributed by atoms with van der Waals surface area (Å²) in [7, 11) is 0. The molecule has 0 aliphatic rings. The summed E-state index contributed by atoms with van der Waals surface area (Å²) in [5.41, 5.74) is -2.01. The number of aryl methyl sites for hydroxylation is 1. The van der Waals surface area contributed by atoms with E-state index >= 15 is 0 Å². The number of hydrogen-bond donors (Lipinski definition) is 0. The molecule has 6 nitrogen and oxygen atoms in total. The molecule has 0 bridgehead atoms. The zero-order valence-electron chi connectivity index (χ0n) is 12.3. The van der Waals surface area contributed by atoms with E-state index in [2.05, 4.69) is 9.84 Å². The van der Waals surface area contributed by atoms with Crippen molar-refractivity contribution in [1.82, 2.24) is 9.78 Å².